The molecule has 2 saturated heterocycles. The molecule has 0 aromatic heterocycles. The molecule has 0 N–H and O–H groups in total. The highest BCUT2D eigenvalue weighted by molar-refractivity contribution is 6.24. The number of hydroxylamine groups is 1. The number of para-hydroxylation sites is 1. The summed E-state index contributed by atoms with van der Waals surface area (Å²) >= 11 is 0. The fourth-order valence-corrected chi connectivity index (χ4v) is 5.27. The number of hydrogen-bond acceptors (Lipinski definition) is 6. The molecule has 0 spiro atoms. The van der Waals surface area contributed by atoms with Gasteiger partial charge in [0.2, 0.25) is 5.91 Å². The van der Waals surface area contributed by atoms with E-state index in [0.29, 0.717) is 30.4 Å². The van der Waals surface area contributed by atoms with Gasteiger partial charge in [-0.15, -0.1) is 0 Å². The molecule has 198 valence electrons. The summed E-state index contributed by atoms with van der Waals surface area (Å²) in [6.07, 6.45) is 1.05. The van der Waals surface area contributed by atoms with Crippen molar-refractivity contribution in [1.29, 1.82) is 0 Å². The van der Waals surface area contributed by atoms with Gasteiger partial charge in [0.15, 0.2) is 17.6 Å². The van der Waals surface area contributed by atoms with Crippen molar-refractivity contribution in [2.75, 3.05) is 23.2 Å². The van der Waals surface area contributed by atoms with Gasteiger partial charge in [0.05, 0.1) is 30.6 Å². The van der Waals surface area contributed by atoms with Gasteiger partial charge in [0, 0.05) is 0 Å². The van der Waals surface area contributed by atoms with Crippen molar-refractivity contribution in [3.63, 3.8) is 0 Å². The minimum Gasteiger partial charge on any atom is -0.490 e. The molecule has 2 aliphatic rings. The van der Waals surface area contributed by atoms with Crippen LogP contribution in [0.25, 0.3) is 0 Å². The maximum atomic E-state index is 14.0. The Morgan fingerprint density at radius 2 is 1.66 bits per heavy atom. The molecule has 2 heterocycles. The van der Waals surface area contributed by atoms with E-state index < -0.39 is 18.1 Å². The molecule has 0 bridgehead atoms. The zero-order valence-corrected chi connectivity index (χ0v) is 22.3. The van der Waals surface area contributed by atoms with Crippen LogP contribution in [0.4, 0.5) is 11.4 Å². The van der Waals surface area contributed by atoms with Crippen molar-refractivity contribution >= 4 is 23.2 Å². The van der Waals surface area contributed by atoms with Crippen LogP contribution in [0.3, 0.4) is 0 Å². The average Bonchev–Trinajstić information content (AvgIpc) is 3.42. The van der Waals surface area contributed by atoms with Gasteiger partial charge in [-0.25, -0.2) is 9.96 Å². The van der Waals surface area contributed by atoms with Crippen molar-refractivity contribution in [1.82, 2.24) is 0 Å². The molecule has 0 saturated carbocycles. The van der Waals surface area contributed by atoms with Crippen LogP contribution < -0.4 is 19.4 Å². The van der Waals surface area contributed by atoms with E-state index in [1.165, 1.54) is 4.90 Å². The fourth-order valence-electron chi connectivity index (χ4n) is 5.27. The first-order valence-electron chi connectivity index (χ1n) is 13.3. The number of fused-ring (bicyclic) bond motifs is 1. The van der Waals surface area contributed by atoms with Crippen LogP contribution >= 0.6 is 0 Å². The van der Waals surface area contributed by atoms with Gasteiger partial charge in [-0.2, -0.15) is 0 Å². The molecule has 5 rings (SSSR count). The van der Waals surface area contributed by atoms with Crippen molar-refractivity contribution in [3.8, 4) is 11.5 Å². The number of carbonyl (C=O) groups is 2. The second-order valence-corrected chi connectivity index (χ2v) is 9.80. The Labute approximate surface area is 223 Å². The van der Waals surface area contributed by atoms with Gasteiger partial charge in [0.25, 0.3) is 5.91 Å². The van der Waals surface area contributed by atoms with Crippen LogP contribution in [0.1, 0.15) is 49.4 Å². The number of ether oxygens (including phenoxy) is 2. The summed E-state index contributed by atoms with van der Waals surface area (Å²) in [6, 6.07) is 20.5. The smallest absolute Gasteiger partial charge is 0.266 e. The average molecular weight is 515 g/mol. The van der Waals surface area contributed by atoms with Crippen molar-refractivity contribution in [3.05, 3.63) is 83.4 Å². The molecule has 2 amide bonds. The number of nitrogens with zero attached hydrogens (tertiary/aromatic N) is 2. The number of hydrogen-bond donors (Lipinski definition) is 0. The molecule has 0 unspecified atom stereocenters. The Kier molecular flexibility index (Phi) is 7.38. The van der Waals surface area contributed by atoms with Crippen molar-refractivity contribution < 1.29 is 23.9 Å². The lowest BCUT2D eigenvalue weighted by molar-refractivity contribution is -0.126. The number of rotatable bonds is 9. The molecule has 0 aliphatic carbocycles. The quantitative estimate of drug-likeness (QED) is 0.260. The molecular formula is C31H34N2O5. The van der Waals surface area contributed by atoms with E-state index in [1.54, 1.807) is 5.06 Å². The first-order chi connectivity index (χ1) is 18.4. The minimum atomic E-state index is -0.926. The summed E-state index contributed by atoms with van der Waals surface area (Å²) in [4.78, 5) is 35.2. The normalized spacial score (nSPS) is 20.7. The number of imide groups is 1. The van der Waals surface area contributed by atoms with Crippen LogP contribution in [-0.4, -0.2) is 31.1 Å². The molecule has 2 aliphatic heterocycles. The van der Waals surface area contributed by atoms with Gasteiger partial charge < -0.3 is 9.47 Å². The number of carbonyl (C=O) groups excluding carboxylic acids is 2. The van der Waals surface area contributed by atoms with Gasteiger partial charge in [-0.1, -0.05) is 55.3 Å². The van der Waals surface area contributed by atoms with E-state index in [0.717, 1.165) is 35.2 Å². The molecule has 3 atom stereocenters. The molecule has 38 heavy (non-hydrogen) atoms. The van der Waals surface area contributed by atoms with Crippen LogP contribution in [0, 0.1) is 19.8 Å². The lowest BCUT2D eigenvalue weighted by Gasteiger charge is -2.29. The fraction of sp³-hybridized carbons (Fsp3) is 0.355. The summed E-state index contributed by atoms with van der Waals surface area (Å²) in [6.45, 7) is 9.02. The molecule has 7 nitrogen and oxygen atoms in total. The van der Waals surface area contributed by atoms with Crippen molar-refractivity contribution in [2.45, 2.75) is 52.7 Å². The zero-order valence-electron chi connectivity index (χ0n) is 22.3. The van der Waals surface area contributed by atoms with Crippen molar-refractivity contribution in [2.24, 2.45) is 5.92 Å². The van der Waals surface area contributed by atoms with Gasteiger partial charge in [0.1, 0.15) is 5.92 Å². The lowest BCUT2D eigenvalue weighted by atomic mass is 9.90. The van der Waals surface area contributed by atoms with Gasteiger partial charge in [-0.3, -0.25) is 14.4 Å². The molecule has 2 fully saturated rings. The minimum absolute atomic E-state index is 0.267. The largest absolute Gasteiger partial charge is 0.490 e. The van der Waals surface area contributed by atoms with Gasteiger partial charge >= 0.3 is 0 Å². The topological polar surface area (TPSA) is 68.3 Å². The third kappa shape index (κ3) is 4.63. The first kappa shape index (κ1) is 25.8. The SMILES string of the molecule is CCCCOc1ccc([C@H]2[C@H]3C(=O)N(c4ccc(C)cc4C)C(=O)[C@H]3ON2c2ccccc2)cc1OCC. The highest BCUT2D eigenvalue weighted by Gasteiger charge is 2.60. The van der Waals surface area contributed by atoms with E-state index in [1.807, 2.05) is 87.5 Å². The first-order valence-corrected chi connectivity index (χ1v) is 13.3. The van der Waals surface area contributed by atoms with Crippen LogP contribution in [-0.2, 0) is 14.4 Å². The predicted molar refractivity (Wildman–Crippen MR) is 146 cm³/mol. The Bertz CT molecular complexity index is 1330. The molecular weight excluding hydrogens is 480 g/mol. The highest BCUT2D eigenvalue weighted by atomic mass is 16.7. The second-order valence-electron chi connectivity index (χ2n) is 9.80. The van der Waals surface area contributed by atoms with Crippen LogP contribution in [0.15, 0.2) is 66.7 Å². The lowest BCUT2D eigenvalue weighted by Crippen LogP contribution is -2.37. The van der Waals surface area contributed by atoms with Crippen LogP contribution in [0.5, 0.6) is 11.5 Å². The zero-order chi connectivity index (χ0) is 26.8. The third-order valence-electron chi connectivity index (χ3n) is 7.08. The summed E-state index contributed by atoms with van der Waals surface area (Å²) in [5.74, 6) is -0.0571. The Balaban J connectivity index is 1.56. The summed E-state index contributed by atoms with van der Waals surface area (Å²) in [5.41, 5.74) is 4.13. The second kappa shape index (κ2) is 10.9. The molecule has 3 aromatic rings. The Morgan fingerprint density at radius 1 is 0.868 bits per heavy atom. The van der Waals surface area contributed by atoms with Gasteiger partial charge in [-0.05, 0) is 68.7 Å². The van der Waals surface area contributed by atoms with E-state index >= 15 is 0 Å². The van der Waals surface area contributed by atoms with E-state index in [4.69, 9.17) is 14.3 Å². The monoisotopic (exact) mass is 514 g/mol. The summed E-state index contributed by atoms with van der Waals surface area (Å²) in [5, 5.41) is 1.70. The molecule has 3 aromatic carbocycles. The predicted octanol–water partition coefficient (Wildman–Crippen LogP) is 5.93. The van der Waals surface area contributed by atoms with E-state index in [-0.39, 0.29) is 11.8 Å². The maximum absolute atomic E-state index is 14.0. The highest BCUT2D eigenvalue weighted by Crippen LogP contribution is 2.49. The van der Waals surface area contributed by atoms with E-state index in [2.05, 4.69) is 6.92 Å². The Morgan fingerprint density at radius 3 is 2.37 bits per heavy atom. The summed E-state index contributed by atoms with van der Waals surface area (Å²) in [7, 11) is 0. The van der Waals surface area contributed by atoms with Crippen LogP contribution in [0.2, 0.25) is 0 Å². The molecule has 7 heteroatoms. The number of aryl methyl sites for hydroxylation is 2. The number of anilines is 2. The number of unbranched alkanes of at least 4 members (excludes halogenated alkanes) is 1. The van der Waals surface area contributed by atoms with E-state index in [9.17, 15) is 9.59 Å². The molecule has 0 radical (unpaired) electrons. The Hall–Kier alpha value is -3.84. The number of amides is 2. The summed E-state index contributed by atoms with van der Waals surface area (Å²) < 4.78 is 11.9. The maximum Gasteiger partial charge on any atom is 0.266 e. The third-order valence-corrected chi connectivity index (χ3v) is 7.08. The number of benzene rings is 3. The standard InChI is InChI=1S/C31H34N2O5/c1-5-7-17-37-25-16-14-22(19-26(25)36-6-2)28-27-29(38-33(28)23-11-9-8-10-12-23)31(35)32(30(27)34)24-15-13-20(3)18-21(24)4/h8-16,18-19,27-29H,5-7,17H2,1-4H3/t27-,28+,29+/m1/s1.